The van der Waals surface area contributed by atoms with Crippen LogP contribution in [0.2, 0.25) is 0 Å². The maximum Gasteiger partial charge on any atom is 0.191 e. The molecule has 1 aliphatic rings. The molecule has 2 N–H and O–H groups in total. The van der Waals surface area contributed by atoms with Gasteiger partial charge in [-0.3, -0.25) is 9.98 Å². The van der Waals surface area contributed by atoms with Crippen molar-refractivity contribution >= 4 is 5.96 Å². The van der Waals surface area contributed by atoms with Crippen LogP contribution in [0.5, 0.6) is 0 Å². The molecule has 128 valence electrons. The predicted octanol–water partition coefficient (Wildman–Crippen LogP) is 3.40. The van der Waals surface area contributed by atoms with Gasteiger partial charge in [0.2, 0.25) is 0 Å². The lowest BCUT2D eigenvalue weighted by Crippen LogP contribution is -2.44. The minimum atomic E-state index is 0.465. The summed E-state index contributed by atoms with van der Waals surface area (Å²) in [7, 11) is 1.85. The average molecular weight is 316 g/mol. The molecule has 0 radical (unpaired) electrons. The topological polar surface area (TPSA) is 49.3 Å². The van der Waals surface area contributed by atoms with Gasteiger partial charge in [0, 0.05) is 38.4 Å². The van der Waals surface area contributed by atoms with E-state index in [1.165, 1.54) is 32.1 Å². The highest BCUT2D eigenvalue weighted by Gasteiger charge is 2.34. The first kappa shape index (κ1) is 17.8. The highest BCUT2D eigenvalue weighted by atomic mass is 15.2. The van der Waals surface area contributed by atoms with Crippen LogP contribution in [0.15, 0.2) is 29.4 Å². The number of rotatable bonds is 7. The summed E-state index contributed by atoms with van der Waals surface area (Å²) in [5.41, 5.74) is 1.58. The standard InChI is InChI=1S/C19H32N4/c1-16(2)14-19(10-5-6-11-19)15-23-18(20-3)22-13-9-17-8-4-7-12-21-17/h4,7-8,12,16H,5-6,9-11,13-15H2,1-3H3,(H2,20,22,23). The van der Waals surface area contributed by atoms with Crippen LogP contribution >= 0.6 is 0 Å². The number of aliphatic imine (C=N–C) groups is 1. The highest BCUT2D eigenvalue weighted by molar-refractivity contribution is 5.79. The maximum absolute atomic E-state index is 4.36. The van der Waals surface area contributed by atoms with Gasteiger partial charge in [0.05, 0.1) is 0 Å². The van der Waals surface area contributed by atoms with Crippen molar-refractivity contribution in [2.75, 3.05) is 20.1 Å². The largest absolute Gasteiger partial charge is 0.356 e. The quantitative estimate of drug-likeness (QED) is 0.599. The number of hydrogen-bond donors (Lipinski definition) is 2. The van der Waals surface area contributed by atoms with E-state index in [4.69, 9.17) is 0 Å². The van der Waals surface area contributed by atoms with Crippen LogP contribution in [0.25, 0.3) is 0 Å². The van der Waals surface area contributed by atoms with Crippen LogP contribution in [-0.2, 0) is 6.42 Å². The number of pyridine rings is 1. The monoisotopic (exact) mass is 316 g/mol. The molecule has 1 aromatic rings. The van der Waals surface area contributed by atoms with E-state index in [9.17, 15) is 0 Å². The van der Waals surface area contributed by atoms with Crippen LogP contribution in [-0.4, -0.2) is 31.1 Å². The third-order valence-corrected chi connectivity index (χ3v) is 4.76. The zero-order valence-corrected chi connectivity index (χ0v) is 14.9. The number of nitrogens with zero attached hydrogens (tertiary/aromatic N) is 2. The Morgan fingerprint density at radius 1 is 1.26 bits per heavy atom. The van der Waals surface area contributed by atoms with Crippen molar-refractivity contribution in [3.05, 3.63) is 30.1 Å². The summed E-state index contributed by atoms with van der Waals surface area (Å²) < 4.78 is 0. The summed E-state index contributed by atoms with van der Waals surface area (Å²) in [6, 6.07) is 6.05. The van der Waals surface area contributed by atoms with Crippen LogP contribution < -0.4 is 10.6 Å². The van der Waals surface area contributed by atoms with Gasteiger partial charge in [-0.2, -0.15) is 0 Å². The number of aromatic nitrogens is 1. The summed E-state index contributed by atoms with van der Waals surface area (Å²) in [5, 5.41) is 6.97. The van der Waals surface area contributed by atoms with Crippen molar-refractivity contribution in [3.8, 4) is 0 Å². The molecule has 0 saturated heterocycles. The Morgan fingerprint density at radius 3 is 2.65 bits per heavy atom. The first-order chi connectivity index (χ1) is 11.1. The lowest BCUT2D eigenvalue weighted by Gasteiger charge is -2.31. The average Bonchev–Trinajstić information content (AvgIpc) is 2.99. The summed E-state index contributed by atoms with van der Waals surface area (Å²) >= 11 is 0. The molecule has 0 spiro atoms. The maximum atomic E-state index is 4.36. The Morgan fingerprint density at radius 2 is 2.04 bits per heavy atom. The molecular weight excluding hydrogens is 284 g/mol. The predicted molar refractivity (Wildman–Crippen MR) is 97.7 cm³/mol. The highest BCUT2D eigenvalue weighted by Crippen LogP contribution is 2.42. The Labute approximate surface area is 141 Å². The first-order valence-electron chi connectivity index (χ1n) is 8.98. The van der Waals surface area contributed by atoms with Crippen molar-refractivity contribution < 1.29 is 0 Å². The van der Waals surface area contributed by atoms with E-state index in [1.54, 1.807) is 0 Å². The van der Waals surface area contributed by atoms with Gasteiger partial charge in [-0.25, -0.2) is 0 Å². The van der Waals surface area contributed by atoms with Crippen LogP contribution in [0.3, 0.4) is 0 Å². The number of nitrogens with one attached hydrogen (secondary N) is 2. The Balaban J connectivity index is 1.77. The van der Waals surface area contributed by atoms with Crippen molar-refractivity contribution in [1.82, 2.24) is 15.6 Å². The lowest BCUT2D eigenvalue weighted by molar-refractivity contribution is 0.235. The summed E-state index contributed by atoms with van der Waals surface area (Å²) in [4.78, 5) is 8.72. The summed E-state index contributed by atoms with van der Waals surface area (Å²) in [5.74, 6) is 1.67. The number of hydrogen-bond acceptors (Lipinski definition) is 2. The molecule has 2 rings (SSSR count). The van der Waals surface area contributed by atoms with Crippen molar-refractivity contribution in [1.29, 1.82) is 0 Å². The van der Waals surface area contributed by atoms with E-state index in [1.807, 2.05) is 25.4 Å². The second-order valence-corrected chi connectivity index (χ2v) is 7.23. The molecule has 1 heterocycles. The van der Waals surface area contributed by atoms with Gasteiger partial charge in [0.1, 0.15) is 0 Å². The van der Waals surface area contributed by atoms with E-state index in [2.05, 4.69) is 40.5 Å². The van der Waals surface area contributed by atoms with Gasteiger partial charge in [-0.15, -0.1) is 0 Å². The molecule has 0 unspecified atom stereocenters. The molecule has 1 fully saturated rings. The normalized spacial score (nSPS) is 17.5. The number of guanidine groups is 1. The van der Waals surface area contributed by atoms with E-state index in [0.717, 1.165) is 37.1 Å². The third-order valence-electron chi connectivity index (χ3n) is 4.76. The van der Waals surface area contributed by atoms with Gasteiger partial charge in [0.25, 0.3) is 0 Å². The van der Waals surface area contributed by atoms with Gasteiger partial charge < -0.3 is 10.6 Å². The van der Waals surface area contributed by atoms with Crippen LogP contribution in [0.4, 0.5) is 0 Å². The van der Waals surface area contributed by atoms with Gasteiger partial charge >= 0.3 is 0 Å². The molecule has 1 aliphatic carbocycles. The molecule has 4 heteroatoms. The molecule has 0 atom stereocenters. The second kappa shape index (κ2) is 8.90. The van der Waals surface area contributed by atoms with Gasteiger partial charge in [0.15, 0.2) is 5.96 Å². The zero-order valence-electron chi connectivity index (χ0n) is 14.9. The minimum absolute atomic E-state index is 0.465. The molecule has 0 aliphatic heterocycles. The second-order valence-electron chi connectivity index (χ2n) is 7.23. The zero-order chi connectivity index (χ0) is 16.5. The Hall–Kier alpha value is -1.58. The first-order valence-corrected chi connectivity index (χ1v) is 8.98. The lowest BCUT2D eigenvalue weighted by atomic mass is 9.78. The fourth-order valence-corrected chi connectivity index (χ4v) is 3.79. The van der Waals surface area contributed by atoms with Crippen LogP contribution in [0, 0.1) is 11.3 Å². The molecule has 23 heavy (non-hydrogen) atoms. The third kappa shape index (κ3) is 5.85. The van der Waals surface area contributed by atoms with E-state index >= 15 is 0 Å². The SMILES string of the molecule is CN=C(NCCc1ccccn1)NCC1(CC(C)C)CCCC1. The van der Waals surface area contributed by atoms with Crippen molar-refractivity contribution in [3.63, 3.8) is 0 Å². The van der Waals surface area contributed by atoms with E-state index < -0.39 is 0 Å². The minimum Gasteiger partial charge on any atom is -0.356 e. The molecular formula is C19H32N4. The smallest absolute Gasteiger partial charge is 0.191 e. The summed E-state index contributed by atoms with van der Waals surface area (Å²) in [6.07, 6.45) is 9.52. The van der Waals surface area contributed by atoms with Gasteiger partial charge in [-0.05, 0) is 42.7 Å². The van der Waals surface area contributed by atoms with Crippen LogP contribution in [0.1, 0.15) is 51.6 Å². The summed E-state index contributed by atoms with van der Waals surface area (Å²) in [6.45, 7) is 6.56. The molecule has 1 saturated carbocycles. The van der Waals surface area contributed by atoms with E-state index in [0.29, 0.717) is 5.41 Å². The fourth-order valence-electron chi connectivity index (χ4n) is 3.79. The van der Waals surface area contributed by atoms with Gasteiger partial charge in [-0.1, -0.05) is 32.8 Å². The van der Waals surface area contributed by atoms with Crippen molar-refractivity contribution in [2.45, 2.75) is 52.4 Å². The molecule has 0 bridgehead atoms. The molecule has 0 amide bonds. The Kier molecular flexibility index (Phi) is 6.87. The van der Waals surface area contributed by atoms with E-state index in [-0.39, 0.29) is 0 Å². The Bertz CT molecular complexity index is 475. The molecule has 0 aromatic carbocycles. The molecule has 1 aromatic heterocycles. The van der Waals surface area contributed by atoms with Crippen molar-refractivity contribution in [2.24, 2.45) is 16.3 Å². The molecule has 4 nitrogen and oxygen atoms in total. The fraction of sp³-hybridized carbons (Fsp3) is 0.684.